The van der Waals surface area contributed by atoms with Gasteiger partial charge in [-0.05, 0) is 43.9 Å². The van der Waals surface area contributed by atoms with Crippen LogP contribution in [0.3, 0.4) is 0 Å². The summed E-state index contributed by atoms with van der Waals surface area (Å²) in [7, 11) is 0. The van der Waals surface area contributed by atoms with Gasteiger partial charge in [-0.1, -0.05) is 12.1 Å². The molecule has 2 aromatic rings. The van der Waals surface area contributed by atoms with Gasteiger partial charge in [0.15, 0.2) is 0 Å². The molecule has 0 N–H and O–H groups in total. The van der Waals surface area contributed by atoms with Crippen molar-refractivity contribution in [2.45, 2.75) is 32.3 Å². The van der Waals surface area contributed by atoms with E-state index >= 15 is 0 Å². The summed E-state index contributed by atoms with van der Waals surface area (Å²) in [5.74, 6) is 0.832. The number of hydrogen-bond donors (Lipinski definition) is 0. The van der Waals surface area contributed by atoms with Crippen LogP contribution >= 0.6 is 0 Å². The maximum Gasteiger partial charge on any atom is 0.251 e. The van der Waals surface area contributed by atoms with E-state index in [1.165, 1.54) is 0 Å². The van der Waals surface area contributed by atoms with Crippen molar-refractivity contribution in [3.05, 3.63) is 35.4 Å². The van der Waals surface area contributed by atoms with Crippen LogP contribution in [-0.4, -0.2) is 54.7 Å². The summed E-state index contributed by atoms with van der Waals surface area (Å²) in [4.78, 5) is 21.5. The fourth-order valence-corrected chi connectivity index (χ4v) is 3.92. The number of aryl methyl sites for hydroxylation is 1. The van der Waals surface area contributed by atoms with Gasteiger partial charge in [-0.2, -0.15) is 5.26 Å². The normalized spacial score (nSPS) is 20.5. The number of amides is 1. The molecule has 0 saturated carbocycles. The molecular formula is C21H24N4O2. The second kappa shape index (κ2) is 7.53. The minimum Gasteiger partial charge on any atom is -0.368 e. The molecule has 0 spiro atoms. The lowest BCUT2D eigenvalue weighted by molar-refractivity contribution is -0.140. The number of pyridine rings is 1. The number of fused-ring (bicyclic) bond motifs is 1. The van der Waals surface area contributed by atoms with Crippen molar-refractivity contribution in [2.24, 2.45) is 0 Å². The number of anilines is 1. The van der Waals surface area contributed by atoms with Gasteiger partial charge in [-0.3, -0.25) is 4.79 Å². The van der Waals surface area contributed by atoms with Crippen LogP contribution in [0.25, 0.3) is 10.9 Å². The Morgan fingerprint density at radius 1 is 1.22 bits per heavy atom. The first-order chi connectivity index (χ1) is 13.2. The molecule has 2 fully saturated rings. The van der Waals surface area contributed by atoms with Crippen LogP contribution < -0.4 is 4.90 Å². The number of ether oxygens (including phenoxy) is 1. The maximum absolute atomic E-state index is 12.6. The maximum atomic E-state index is 12.6. The summed E-state index contributed by atoms with van der Waals surface area (Å²) in [5, 5.41) is 10.6. The van der Waals surface area contributed by atoms with Gasteiger partial charge in [0.05, 0.1) is 11.1 Å². The number of aromatic nitrogens is 1. The van der Waals surface area contributed by atoms with Crippen LogP contribution in [0.5, 0.6) is 0 Å². The fraction of sp³-hybridized carbons (Fsp3) is 0.476. The largest absolute Gasteiger partial charge is 0.368 e. The first-order valence-electron chi connectivity index (χ1n) is 9.62. The predicted molar refractivity (Wildman–Crippen MR) is 104 cm³/mol. The Kier molecular flexibility index (Phi) is 4.95. The van der Waals surface area contributed by atoms with Gasteiger partial charge in [0.1, 0.15) is 18.0 Å². The average molecular weight is 364 g/mol. The quantitative estimate of drug-likeness (QED) is 0.819. The van der Waals surface area contributed by atoms with Crippen molar-refractivity contribution in [2.75, 3.05) is 37.7 Å². The van der Waals surface area contributed by atoms with Crippen LogP contribution in [-0.2, 0) is 9.53 Å². The molecule has 2 aliphatic rings. The lowest BCUT2D eigenvalue weighted by Crippen LogP contribution is -2.41. The second-order valence-corrected chi connectivity index (χ2v) is 7.34. The van der Waals surface area contributed by atoms with E-state index in [0.717, 1.165) is 54.6 Å². The van der Waals surface area contributed by atoms with Crippen molar-refractivity contribution < 1.29 is 9.53 Å². The van der Waals surface area contributed by atoms with E-state index in [0.29, 0.717) is 25.3 Å². The Bertz CT molecular complexity index is 899. The monoisotopic (exact) mass is 364 g/mol. The van der Waals surface area contributed by atoms with E-state index in [1.54, 1.807) is 0 Å². The molecule has 1 amide bonds. The van der Waals surface area contributed by atoms with Gasteiger partial charge < -0.3 is 14.5 Å². The molecule has 0 radical (unpaired) electrons. The number of nitrogens with zero attached hydrogens (tertiary/aromatic N) is 4. The Morgan fingerprint density at radius 2 is 2.11 bits per heavy atom. The Hall–Kier alpha value is -2.65. The van der Waals surface area contributed by atoms with Crippen LogP contribution in [0.4, 0.5) is 5.82 Å². The van der Waals surface area contributed by atoms with Gasteiger partial charge >= 0.3 is 0 Å². The highest BCUT2D eigenvalue weighted by molar-refractivity contribution is 5.84. The first kappa shape index (κ1) is 17.7. The topological polar surface area (TPSA) is 69.5 Å². The van der Waals surface area contributed by atoms with Crippen LogP contribution in [0.2, 0.25) is 0 Å². The van der Waals surface area contributed by atoms with E-state index in [2.05, 4.69) is 11.0 Å². The smallest absolute Gasteiger partial charge is 0.251 e. The van der Waals surface area contributed by atoms with Crippen molar-refractivity contribution in [1.82, 2.24) is 9.88 Å². The first-order valence-corrected chi connectivity index (χ1v) is 9.62. The SMILES string of the molecule is Cc1ccc2cc(C#N)c(N3CCCN(C(=O)C4CCCO4)CC3)nc2c1. The van der Waals surface area contributed by atoms with Crippen molar-refractivity contribution in [1.29, 1.82) is 5.26 Å². The van der Waals surface area contributed by atoms with Crippen molar-refractivity contribution in [3.63, 3.8) is 0 Å². The molecule has 6 heteroatoms. The molecule has 0 aliphatic carbocycles. The standard InChI is InChI=1S/C21H24N4O2/c1-15-5-6-16-13-17(14-22)20(23-18(16)12-15)24-7-3-8-25(10-9-24)21(26)19-4-2-11-27-19/h5-6,12-13,19H,2-4,7-11H2,1H3. The predicted octanol–water partition coefficient (Wildman–Crippen LogP) is 2.63. The van der Waals surface area contributed by atoms with E-state index in [-0.39, 0.29) is 12.0 Å². The molecule has 2 saturated heterocycles. The molecule has 6 nitrogen and oxygen atoms in total. The minimum atomic E-state index is -0.270. The van der Waals surface area contributed by atoms with Gasteiger partial charge in [-0.25, -0.2) is 4.98 Å². The molecular weight excluding hydrogens is 340 g/mol. The third-order valence-corrected chi connectivity index (χ3v) is 5.39. The summed E-state index contributed by atoms with van der Waals surface area (Å²) in [6, 6.07) is 10.3. The van der Waals surface area contributed by atoms with Gasteiger partial charge in [0.25, 0.3) is 5.91 Å². The molecule has 2 aliphatic heterocycles. The zero-order valence-electron chi connectivity index (χ0n) is 15.6. The molecule has 3 heterocycles. The molecule has 140 valence electrons. The Balaban J connectivity index is 1.56. The third-order valence-electron chi connectivity index (χ3n) is 5.39. The molecule has 4 rings (SSSR count). The zero-order valence-corrected chi connectivity index (χ0v) is 15.6. The summed E-state index contributed by atoms with van der Waals surface area (Å²) in [6.45, 7) is 5.55. The van der Waals surface area contributed by atoms with Crippen LogP contribution in [0.1, 0.15) is 30.4 Å². The number of carbonyl (C=O) groups is 1. The fourth-order valence-electron chi connectivity index (χ4n) is 3.92. The van der Waals surface area contributed by atoms with Gasteiger partial charge in [0.2, 0.25) is 0 Å². The molecule has 1 atom stereocenters. The van der Waals surface area contributed by atoms with E-state index in [1.807, 2.05) is 36.1 Å². The summed E-state index contributed by atoms with van der Waals surface area (Å²) in [5.41, 5.74) is 2.64. The van der Waals surface area contributed by atoms with Gasteiger partial charge in [-0.15, -0.1) is 0 Å². The van der Waals surface area contributed by atoms with E-state index in [4.69, 9.17) is 9.72 Å². The lowest BCUT2D eigenvalue weighted by Gasteiger charge is -2.25. The Morgan fingerprint density at radius 3 is 2.89 bits per heavy atom. The summed E-state index contributed by atoms with van der Waals surface area (Å²) < 4.78 is 5.56. The number of rotatable bonds is 2. The molecule has 1 aromatic carbocycles. The molecule has 0 bridgehead atoms. The lowest BCUT2D eigenvalue weighted by atomic mass is 10.1. The number of carbonyl (C=O) groups excluding carboxylic acids is 1. The number of benzene rings is 1. The highest BCUT2D eigenvalue weighted by Crippen LogP contribution is 2.25. The molecule has 1 aromatic heterocycles. The van der Waals surface area contributed by atoms with Gasteiger partial charge in [0, 0.05) is 38.2 Å². The van der Waals surface area contributed by atoms with Crippen molar-refractivity contribution >= 4 is 22.6 Å². The van der Waals surface area contributed by atoms with Crippen LogP contribution in [0.15, 0.2) is 24.3 Å². The van der Waals surface area contributed by atoms with Crippen LogP contribution in [0, 0.1) is 18.3 Å². The molecule has 1 unspecified atom stereocenters. The molecule has 27 heavy (non-hydrogen) atoms. The zero-order chi connectivity index (χ0) is 18.8. The summed E-state index contributed by atoms with van der Waals surface area (Å²) >= 11 is 0. The minimum absolute atomic E-state index is 0.108. The second-order valence-electron chi connectivity index (χ2n) is 7.34. The third kappa shape index (κ3) is 3.60. The van der Waals surface area contributed by atoms with E-state index in [9.17, 15) is 10.1 Å². The number of hydrogen-bond acceptors (Lipinski definition) is 5. The summed E-state index contributed by atoms with van der Waals surface area (Å²) in [6.07, 6.45) is 2.37. The Labute approximate surface area is 159 Å². The highest BCUT2D eigenvalue weighted by atomic mass is 16.5. The number of nitriles is 1. The van der Waals surface area contributed by atoms with E-state index < -0.39 is 0 Å². The average Bonchev–Trinajstić information content (AvgIpc) is 3.11. The van der Waals surface area contributed by atoms with Crippen molar-refractivity contribution in [3.8, 4) is 6.07 Å². The highest BCUT2D eigenvalue weighted by Gasteiger charge is 2.30.